The molecule has 0 radical (unpaired) electrons. The minimum Gasteiger partial charge on any atom is -0.481 e. The number of methoxy groups -OCH3 is 1. The molecule has 1 saturated heterocycles. The summed E-state index contributed by atoms with van der Waals surface area (Å²) in [6, 6.07) is 7.91. The van der Waals surface area contributed by atoms with Crippen LogP contribution in [0.15, 0.2) is 24.3 Å². The summed E-state index contributed by atoms with van der Waals surface area (Å²) in [4.78, 5) is 15.8. The third-order valence-electron chi connectivity index (χ3n) is 4.06. The first-order valence-corrected chi connectivity index (χ1v) is 7.33. The van der Waals surface area contributed by atoms with Crippen molar-refractivity contribution < 1.29 is 14.6 Å². The van der Waals surface area contributed by atoms with Gasteiger partial charge in [0, 0.05) is 39.3 Å². The highest BCUT2D eigenvalue weighted by Gasteiger charge is 2.27. The summed E-state index contributed by atoms with van der Waals surface area (Å²) in [6.07, 6.45) is 0.129. The van der Waals surface area contributed by atoms with Gasteiger partial charge in [0.2, 0.25) is 0 Å². The lowest BCUT2D eigenvalue weighted by Gasteiger charge is -2.38. The molecular weight excluding hydrogens is 268 g/mol. The van der Waals surface area contributed by atoms with E-state index in [-0.39, 0.29) is 12.5 Å². The minimum atomic E-state index is -0.758. The molecule has 1 atom stereocenters. The summed E-state index contributed by atoms with van der Waals surface area (Å²) >= 11 is 0. The fourth-order valence-corrected chi connectivity index (χ4v) is 2.88. The summed E-state index contributed by atoms with van der Waals surface area (Å²) in [6.45, 7) is 4.26. The molecule has 21 heavy (non-hydrogen) atoms. The van der Waals surface area contributed by atoms with Gasteiger partial charge in [-0.1, -0.05) is 24.3 Å². The van der Waals surface area contributed by atoms with Crippen LogP contribution < -0.4 is 0 Å². The summed E-state index contributed by atoms with van der Waals surface area (Å²) in [5, 5.41) is 9.28. The summed E-state index contributed by atoms with van der Waals surface area (Å²) < 4.78 is 5.25. The van der Waals surface area contributed by atoms with E-state index in [1.54, 1.807) is 7.11 Å². The van der Waals surface area contributed by atoms with Crippen LogP contribution in [0.4, 0.5) is 0 Å². The Kier molecular flexibility index (Phi) is 5.73. The molecule has 1 unspecified atom stereocenters. The Morgan fingerprint density at radius 2 is 1.95 bits per heavy atom. The summed E-state index contributed by atoms with van der Waals surface area (Å²) in [5.41, 5.74) is 2.15. The highest BCUT2D eigenvalue weighted by Crippen LogP contribution is 2.28. The second-order valence-corrected chi connectivity index (χ2v) is 5.58. The molecule has 1 aliphatic heterocycles. The van der Waals surface area contributed by atoms with Gasteiger partial charge in [-0.05, 0) is 18.2 Å². The molecule has 5 nitrogen and oxygen atoms in total. The molecule has 0 saturated carbocycles. The first kappa shape index (κ1) is 15.9. The first-order valence-electron chi connectivity index (χ1n) is 7.33. The Hall–Kier alpha value is -1.43. The molecule has 0 spiro atoms. The Bertz CT molecular complexity index is 470. The minimum absolute atomic E-state index is 0.0810. The van der Waals surface area contributed by atoms with Crippen LogP contribution in [0.1, 0.15) is 23.6 Å². The van der Waals surface area contributed by atoms with E-state index >= 15 is 0 Å². The monoisotopic (exact) mass is 292 g/mol. The molecule has 116 valence electrons. The van der Waals surface area contributed by atoms with E-state index in [0.717, 1.165) is 37.3 Å². The summed E-state index contributed by atoms with van der Waals surface area (Å²) in [7, 11) is 3.77. The van der Waals surface area contributed by atoms with Crippen LogP contribution in [0.5, 0.6) is 0 Å². The predicted molar refractivity (Wildman–Crippen MR) is 81.2 cm³/mol. The van der Waals surface area contributed by atoms with Crippen LogP contribution in [0.25, 0.3) is 0 Å². The number of aliphatic carboxylic acids is 1. The number of carboxylic acid groups (broad SMARTS) is 1. The standard InChI is InChI=1S/C16H24N2O3/c1-17-7-9-18(10-8-17)15(11-16(19)20)14-6-4-3-5-13(14)12-21-2/h3-6,15H,7-12H2,1-2H3,(H,19,20). The lowest BCUT2D eigenvalue weighted by Crippen LogP contribution is -2.46. The van der Waals surface area contributed by atoms with Gasteiger partial charge in [-0.2, -0.15) is 0 Å². The maximum absolute atomic E-state index is 11.3. The van der Waals surface area contributed by atoms with Crippen molar-refractivity contribution in [2.45, 2.75) is 19.1 Å². The van der Waals surface area contributed by atoms with Crippen molar-refractivity contribution in [3.8, 4) is 0 Å². The van der Waals surface area contributed by atoms with Crippen molar-refractivity contribution in [3.05, 3.63) is 35.4 Å². The number of hydrogen-bond donors (Lipinski definition) is 1. The number of rotatable bonds is 6. The second kappa shape index (κ2) is 7.54. The van der Waals surface area contributed by atoms with E-state index in [2.05, 4.69) is 16.8 Å². The van der Waals surface area contributed by atoms with Crippen molar-refractivity contribution in [3.63, 3.8) is 0 Å². The van der Waals surface area contributed by atoms with Crippen LogP contribution in [0, 0.1) is 0 Å². The van der Waals surface area contributed by atoms with E-state index < -0.39 is 5.97 Å². The molecule has 2 rings (SSSR count). The quantitative estimate of drug-likeness (QED) is 0.863. The number of hydrogen-bond acceptors (Lipinski definition) is 4. The molecule has 0 aliphatic carbocycles. The predicted octanol–water partition coefficient (Wildman–Crippen LogP) is 1.60. The SMILES string of the molecule is COCc1ccccc1C(CC(=O)O)N1CCN(C)CC1. The van der Waals surface area contributed by atoms with Crippen molar-refractivity contribution in [1.29, 1.82) is 0 Å². The zero-order chi connectivity index (χ0) is 15.2. The number of piperazine rings is 1. The first-order chi connectivity index (χ1) is 10.1. The number of carboxylic acids is 1. The smallest absolute Gasteiger partial charge is 0.305 e. The highest BCUT2D eigenvalue weighted by molar-refractivity contribution is 5.68. The lowest BCUT2D eigenvalue weighted by molar-refractivity contribution is -0.138. The van der Waals surface area contributed by atoms with E-state index in [1.165, 1.54) is 0 Å². The average Bonchev–Trinajstić information content (AvgIpc) is 2.47. The summed E-state index contributed by atoms with van der Waals surface area (Å²) in [5.74, 6) is -0.758. The van der Waals surface area contributed by atoms with Gasteiger partial charge in [-0.3, -0.25) is 9.69 Å². The highest BCUT2D eigenvalue weighted by atomic mass is 16.5. The van der Waals surface area contributed by atoms with Crippen molar-refractivity contribution >= 4 is 5.97 Å². The van der Waals surface area contributed by atoms with E-state index in [9.17, 15) is 9.90 Å². The zero-order valence-corrected chi connectivity index (χ0v) is 12.8. The molecule has 1 aliphatic rings. The second-order valence-electron chi connectivity index (χ2n) is 5.58. The number of ether oxygens (including phenoxy) is 1. The van der Waals surface area contributed by atoms with Crippen molar-refractivity contribution in [2.75, 3.05) is 40.3 Å². The van der Waals surface area contributed by atoms with Gasteiger partial charge in [0.05, 0.1) is 13.0 Å². The van der Waals surface area contributed by atoms with E-state index in [1.807, 2.05) is 24.3 Å². The number of likely N-dealkylation sites (N-methyl/N-ethyl adjacent to an activating group) is 1. The van der Waals surface area contributed by atoms with Gasteiger partial charge in [0.15, 0.2) is 0 Å². The van der Waals surface area contributed by atoms with Gasteiger partial charge >= 0.3 is 5.97 Å². The number of carbonyl (C=O) groups is 1. The fourth-order valence-electron chi connectivity index (χ4n) is 2.88. The normalized spacial score (nSPS) is 18.6. The van der Waals surface area contributed by atoms with Crippen molar-refractivity contribution in [2.24, 2.45) is 0 Å². The maximum Gasteiger partial charge on any atom is 0.305 e. The third-order valence-corrected chi connectivity index (χ3v) is 4.06. The largest absolute Gasteiger partial charge is 0.481 e. The van der Waals surface area contributed by atoms with E-state index in [0.29, 0.717) is 6.61 Å². The zero-order valence-electron chi connectivity index (χ0n) is 12.8. The molecule has 0 aromatic heterocycles. The van der Waals surface area contributed by atoms with Crippen LogP contribution in [0.2, 0.25) is 0 Å². The third kappa shape index (κ3) is 4.27. The van der Waals surface area contributed by atoms with Gasteiger partial charge in [-0.15, -0.1) is 0 Å². The Balaban J connectivity index is 2.25. The molecule has 1 heterocycles. The molecule has 1 N–H and O–H groups in total. The van der Waals surface area contributed by atoms with Crippen LogP contribution >= 0.6 is 0 Å². The van der Waals surface area contributed by atoms with Gasteiger partial charge in [-0.25, -0.2) is 0 Å². The molecule has 1 fully saturated rings. The molecular formula is C16H24N2O3. The Labute approximate surface area is 126 Å². The maximum atomic E-state index is 11.3. The van der Waals surface area contributed by atoms with Crippen LogP contribution in [-0.2, 0) is 16.1 Å². The number of benzene rings is 1. The molecule has 5 heteroatoms. The topological polar surface area (TPSA) is 53.0 Å². The van der Waals surface area contributed by atoms with Crippen LogP contribution in [-0.4, -0.2) is 61.2 Å². The van der Waals surface area contributed by atoms with Gasteiger partial charge in [0.25, 0.3) is 0 Å². The van der Waals surface area contributed by atoms with Gasteiger partial charge < -0.3 is 14.7 Å². The lowest BCUT2D eigenvalue weighted by atomic mass is 9.96. The Morgan fingerprint density at radius 1 is 1.29 bits per heavy atom. The molecule has 0 bridgehead atoms. The van der Waals surface area contributed by atoms with Crippen molar-refractivity contribution in [1.82, 2.24) is 9.80 Å². The molecule has 1 aromatic carbocycles. The molecule has 0 amide bonds. The van der Waals surface area contributed by atoms with E-state index in [4.69, 9.17) is 4.74 Å². The fraction of sp³-hybridized carbons (Fsp3) is 0.562. The van der Waals surface area contributed by atoms with Gasteiger partial charge in [0.1, 0.15) is 0 Å². The van der Waals surface area contributed by atoms with Crippen LogP contribution in [0.3, 0.4) is 0 Å². The number of nitrogens with zero attached hydrogens (tertiary/aromatic N) is 2. The average molecular weight is 292 g/mol. The Morgan fingerprint density at radius 3 is 2.57 bits per heavy atom. The molecule has 1 aromatic rings.